The highest BCUT2D eigenvalue weighted by Crippen LogP contribution is 1.95. The summed E-state index contributed by atoms with van der Waals surface area (Å²) >= 11 is 0. The maximum atomic E-state index is 11.6. The molecule has 0 aromatic carbocycles. The fraction of sp³-hybridized carbons (Fsp3) is 0.500. The standard InChI is InChI=1S/C12H18N2O3/c1-17-8-4-2-3-6-14-12(16)10-9-13-7-5-11(10)15/h5,7,9H,2-4,6,8H2,1H3,(H,13,15)(H,14,16). The third kappa shape index (κ3) is 4.82. The Morgan fingerprint density at radius 3 is 2.94 bits per heavy atom. The molecule has 0 saturated carbocycles. The Balaban J connectivity index is 2.26. The van der Waals surface area contributed by atoms with E-state index < -0.39 is 0 Å². The number of rotatable bonds is 7. The normalized spacial score (nSPS) is 10.2. The molecular formula is C12H18N2O3. The van der Waals surface area contributed by atoms with E-state index in [0.717, 1.165) is 25.9 Å². The van der Waals surface area contributed by atoms with E-state index in [1.807, 2.05) is 0 Å². The second kappa shape index (κ2) is 7.62. The van der Waals surface area contributed by atoms with Gasteiger partial charge in [0.2, 0.25) is 0 Å². The summed E-state index contributed by atoms with van der Waals surface area (Å²) in [7, 11) is 1.67. The second-order valence-electron chi connectivity index (χ2n) is 3.73. The third-order valence-corrected chi connectivity index (χ3v) is 2.38. The van der Waals surface area contributed by atoms with Crippen molar-refractivity contribution < 1.29 is 9.53 Å². The highest BCUT2D eigenvalue weighted by molar-refractivity contribution is 5.93. The highest BCUT2D eigenvalue weighted by atomic mass is 16.5. The molecule has 1 aromatic rings. The molecule has 1 amide bonds. The zero-order chi connectivity index (χ0) is 12.5. The third-order valence-electron chi connectivity index (χ3n) is 2.38. The van der Waals surface area contributed by atoms with Gasteiger partial charge in [0.25, 0.3) is 5.91 Å². The maximum Gasteiger partial charge on any atom is 0.256 e. The smallest absolute Gasteiger partial charge is 0.256 e. The van der Waals surface area contributed by atoms with E-state index in [2.05, 4.69) is 10.3 Å². The molecule has 17 heavy (non-hydrogen) atoms. The van der Waals surface area contributed by atoms with Gasteiger partial charge in [-0.1, -0.05) is 0 Å². The fourth-order valence-electron chi connectivity index (χ4n) is 1.44. The Bertz CT molecular complexity index is 401. The molecule has 94 valence electrons. The molecule has 2 N–H and O–H groups in total. The van der Waals surface area contributed by atoms with Crippen LogP contribution in [-0.4, -0.2) is 31.2 Å². The summed E-state index contributed by atoms with van der Waals surface area (Å²) < 4.78 is 4.92. The quantitative estimate of drug-likeness (QED) is 0.694. The van der Waals surface area contributed by atoms with E-state index in [0.29, 0.717) is 6.54 Å². The minimum Gasteiger partial charge on any atom is -0.385 e. The van der Waals surface area contributed by atoms with Crippen LogP contribution in [0.1, 0.15) is 29.6 Å². The van der Waals surface area contributed by atoms with Gasteiger partial charge in [0.05, 0.1) is 0 Å². The van der Waals surface area contributed by atoms with Crippen LogP contribution in [0.15, 0.2) is 23.3 Å². The molecule has 0 aliphatic rings. The number of ether oxygens (including phenoxy) is 1. The van der Waals surface area contributed by atoms with Crippen LogP contribution >= 0.6 is 0 Å². The van der Waals surface area contributed by atoms with Crippen LogP contribution in [0, 0.1) is 0 Å². The molecule has 0 fully saturated rings. The largest absolute Gasteiger partial charge is 0.385 e. The van der Waals surface area contributed by atoms with Gasteiger partial charge in [-0.15, -0.1) is 0 Å². The second-order valence-corrected chi connectivity index (χ2v) is 3.73. The zero-order valence-electron chi connectivity index (χ0n) is 9.99. The van der Waals surface area contributed by atoms with Gasteiger partial charge in [-0.05, 0) is 19.3 Å². The topological polar surface area (TPSA) is 71.2 Å². The lowest BCUT2D eigenvalue weighted by Crippen LogP contribution is -2.29. The Hall–Kier alpha value is -1.62. The number of nitrogens with one attached hydrogen (secondary N) is 2. The van der Waals surface area contributed by atoms with Gasteiger partial charge in [0.15, 0.2) is 5.43 Å². The van der Waals surface area contributed by atoms with Crippen LogP contribution in [0.4, 0.5) is 0 Å². The van der Waals surface area contributed by atoms with Crippen molar-refractivity contribution in [2.45, 2.75) is 19.3 Å². The van der Waals surface area contributed by atoms with Gasteiger partial charge in [-0.3, -0.25) is 9.59 Å². The number of pyridine rings is 1. The van der Waals surface area contributed by atoms with Crippen molar-refractivity contribution in [1.29, 1.82) is 0 Å². The summed E-state index contributed by atoms with van der Waals surface area (Å²) in [5, 5.41) is 2.72. The summed E-state index contributed by atoms with van der Waals surface area (Å²) in [6.45, 7) is 1.32. The van der Waals surface area contributed by atoms with Crippen molar-refractivity contribution in [3.05, 3.63) is 34.2 Å². The number of carbonyl (C=O) groups is 1. The molecule has 1 heterocycles. The van der Waals surface area contributed by atoms with Crippen molar-refractivity contribution in [2.75, 3.05) is 20.3 Å². The number of hydrogen-bond donors (Lipinski definition) is 2. The molecule has 0 saturated heterocycles. The lowest BCUT2D eigenvalue weighted by Gasteiger charge is -2.04. The zero-order valence-corrected chi connectivity index (χ0v) is 9.99. The van der Waals surface area contributed by atoms with Crippen LogP contribution in [-0.2, 0) is 4.74 Å². The molecule has 5 heteroatoms. The first-order valence-corrected chi connectivity index (χ1v) is 5.70. The summed E-state index contributed by atoms with van der Waals surface area (Å²) in [5.41, 5.74) is -0.106. The van der Waals surface area contributed by atoms with Gasteiger partial charge >= 0.3 is 0 Å². The molecule has 1 aromatic heterocycles. The molecule has 0 aliphatic carbocycles. The number of hydrogen-bond acceptors (Lipinski definition) is 3. The van der Waals surface area contributed by atoms with Crippen molar-refractivity contribution in [2.24, 2.45) is 0 Å². The van der Waals surface area contributed by atoms with Crippen molar-refractivity contribution in [3.8, 4) is 0 Å². The summed E-state index contributed by atoms with van der Waals surface area (Å²) in [6, 6.07) is 1.34. The number of aromatic nitrogens is 1. The number of carbonyl (C=O) groups excluding carboxylic acids is 1. The average molecular weight is 238 g/mol. The van der Waals surface area contributed by atoms with Crippen LogP contribution in [0.5, 0.6) is 0 Å². The predicted molar refractivity (Wildman–Crippen MR) is 65.1 cm³/mol. The molecule has 0 spiro atoms. The van der Waals surface area contributed by atoms with E-state index in [1.165, 1.54) is 18.5 Å². The van der Waals surface area contributed by atoms with Crippen LogP contribution in [0.2, 0.25) is 0 Å². The number of methoxy groups -OCH3 is 1. The van der Waals surface area contributed by atoms with E-state index in [9.17, 15) is 9.59 Å². The summed E-state index contributed by atoms with van der Waals surface area (Å²) in [6.07, 6.45) is 5.80. The lowest BCUT2D eigenvalue weighted by atomic mass is 10.2. The van der Waals surface area contributed by atoms with Crippen LogP contribution in [0.25, 0.3) is 0 Å². The molecule has 0 radical (unpaired) electrons. The summed E-state index contributed by atoms with van der Waals surface area (Å²) in [4.78, 5) is 25.7. The van der Waals surface area contributed by atoms with Crippen LogP contribution in [0.3, 0.4) is 0 Å². The average Bonchev–Trinajstić information content (AvgIpc) is 2.34. The number of aromatic amines is 1. The van der Waals surface area contributed by atoms with E-state index in [1.54, 1.807) is 7.11 Å². The maximum absolute atomic E-state index is 11.6. The first-order valence-electron chi connectivity index (χ1n) is 5.70. The highest BCUT2D eigenvalue weighted by Gasteiger charge is 2.07. The lowest BCUT2D eigenvalue weighted by molar-refractivity contribution is 0.0951. The molecule has 5 nitrogen and oxygen atoms in total. The van der Waals surface area contributed by atoms with Gasteiger partial charge in [-0.25, -0.2) is 0 Å². The van der Waals surface area contributed by atoms with Gasteiger partial charge in [0.1, 0.15) is 5.56 Å². The molecule has 0 unspecified atom stereocenters. The van der Waals surface area contributed by atoms with Gasteiger partial charge in [-0.2, -0.15) is 0 Å². The molecule has 1 rings (SSSR count). The predicted octanol–water partition coefficient (Wildman–Crippen LogP) is 0.921. The van der Waals surface area contributed by atoms with Crippen molar-refractivity contribution >= 4 is 5.91 Å². The molecule has 0 aliphatic heterocycles. The fourth-order valence-corrected chi connectivity index (χ4v) is 1.44. The SMILES string of the molecule is COCCCCCNC(=O)c1c[nH]ccc1=O. The molecular weight excluding hydrogens is 220 g/mol. The molecule has 0 atom stereocenters. The van der Waals surface area contributed by atoms with Gasteiger partial charge < -0.3 is 15.0 Å². The van der Waals surface area contributed by atoms with Crippen molar-refractivity contribution in [3.63, 3.8) is 0 Å². The van der Waals surface area contributed by atoms with E-state index >= 15 is 0 Å². The minimum absolute atomic E-state index is 0.157. The van der Waals surface area contributed by atoms with Crippen molar-refractivity contribution in [1.82, 2.24) is 10.3 Å². The minimum atomic E-state index is -0.321. The number of unbranched alkanes of at least 4 members (excludes halogenated alkanes) is 2. The number of H-pyrrole nitrogens is 1. The Labute approximate surface area is 100 Å². The first-order chi connectivity index (χ1) is 8.25. The molecule has 0 bridgehead atoms. The monoisotopic (exact) mass is 238 g/mol. The van der Waals surface area contributed by atoms with Gasteiger partial charge in [0, 0.05) is 38.7 Å². The number of amides is 1. The first kappa shape index (κ1) is 13.4. The van der Waals surface area contributed by atoms with E-state index in [4.69, 9.17) is 4.74 Å². The Kier molecular flexibility index (Phi) is 6.03. The van der Waals surface area contributed by atoms with E-state index in [-0.39, 0.29) is 16.9 Å². The Morgan fingerprint density at radius 2 is 2.24 bits per heavy atom. The van der Waals surface area contributed by atoms with Crippen LogP contribution < -0.4 is 10.7 Å². The summed E-state index contributed by atoms with van der Waals surface area (Å²) in [5.74, 6) is -0.321. The Morgan fingerprint density at radius 1 is 1.41 bits per heavy atom.